The number of rotatable bonds is 6. The van der Waals surface area contributed by atoms with Crippen molar-refractivity contribution in [2.24, 2.45) is 0 Å². The van der Waals surface area contributed by atoms with Crippen LogP contribution in [-0.2, 0) is 20.1 Å². The number of ether oxygens (including phenoxy) is 1. The number of H-pyrrole nitrogens is 1. The van der Waals surface area contributed by atoms with Gasteiger partial charge in [-0.3, -0.25) is 14.4 Å². The summed E-state index contributed by atoms with van der Waals surface area (Å²) in [5.74, 6) is 0.0530. The fourth-order valence-electron chi connectivity index (χ4n) is 1.97. The number of fused-ring (bicyclic) bond motifs is 1. The molecular formula is C15H19N3O4S2. The van der Waals surface area contributed by atoms with Gasteiger partial charge in [0, 0.05) is 11.9 Å². The molecule has 1 amide bonds. The predicted molar refractivity (Wildman–Crippen MR) is 95.5 cm³/mol. The van der Waals surface area contributed by atoms with Crippen molar-refractivity contribution in [3.05, 3.63) is 26.6 Å². The molecule has 0 aromatic carbocycles. The first-order valence-corrected chi connectivity index (χ1v) is 9.17. The Labute approximate surface area is 147 Å². The van der Waals surface area contributed by atoms with Crippen molar-refractivity contribution in [1.82, 2.24) is 15.3 Å². The van der Waals surface area contributed by atoms with Crippen LogP contribution < -0.4 is 10.9 Å². The molecule has 130 valence electrons. The van der Waals surface area contributed by atoms with Gasteiger partial charge in [-0.25, -0.2) is 4.98 Å². The van der Waals surface area contributed by atoms with E-state index >= 15 is 0 Å². The van der Waals surface area contributed by atoms with Crippen molar-refractivity contribution < 1.29 is 14.3 Å². The van der Waals surface area contributed by atoms with Crippen molar-refractivity contribution >= 4 is 45.2 Å². The second-order valence-electron chi connectivity index (χ2n) is 5.21. The van der Waals surface area contributed by atoms with Gasteiger partial charge in [-0.2, -0.15) is 0 Å². The molecule has 0 spiro atoms. The summed E-state index contributed by atoms with van der Waals surface area (Å²) in [4.78, 5) is 44.1. The van der Waals surface area contributed by atoms with Crippen molar-refractivity contribution in [2.45, 2.75) is 31.8 Å². The van der Waals surface area contributed by atoms with Gasteiger partial charge in [0.15, 0.2) is 6.61 Å². The maximum absolute atomic E-state index is 12.2. The van der Waals surface area contributed by atoms with Crippen LogP contribution in [0, 0.1) is 13.8 Å². The maximum atomic E-state index is 12.2. The molecule has 2 N–H and O–H groups in total. The molecular weight excluding hydrogens is 350 g/mol. The van der Waals surface area contributed by atoms with Crippen molar-refractivity contribution in [2.75, 3.05) is 13.7 Å². The number of thioether (sulfide) groups is 1. The number of nitrogens with one attached hydrogen (secondary N) is 2. The second-order valence-corrected chi connectivity index (χ2v) is 7.74. The molecule has 0 saturated carbocycles. The zero-order valence-electron chi connectivity index (χ0n) is 13.9. The number of hydrogen-bond donors (Lipinski definition) is 2. The van der Waals surface area contributed by atoms with Gasteiger partial charge in [-0.1, -0.05) is 0 Å². The molecule has 0 bridgehead atoms. The van der Waals surface area contributed by atoms with Crippen LogP contribution >= 0.6 is 23.1 Å². The Hall–Kier alpha value is -1.87. The third kappa shape index (κ3) is 4.15. The largest absolute Gasteiger partial charge is 0.455 e. The van der Waals surface area contributed by atoms with E-state index in [-0.39, 0.29) is 18.1 Å². The number of hydrogen-bond acceptors (Lipinski definition) is 7. The van der Waals surface area contributed by atoms with E-state index < -0.39 is 11.2 Å². The molecule has 0 aliphatic rings. The highest BCUT2D eigenvalue weighted by molar-refractivity contribution is 7.99. The Bertz CT molecular complexity index is 828. The minimum atomic E-state index is -0.477. The van der Waals surface area contributed by atoms with Crippen LogP contribution in [0.2, 0.25) is 0 Å². The van der Waals surface area contributed by atoms with Crippen LogP contribution in [-0.4, -0.2) is 40.7 Å². The van der Waals surface area contributed by atoms with Crippen molar-refractivity contribution in [3.63, 3.8) is 0 Å². The first-order valence-electron chi connectivity index (χ1n) is 7.31. The summed E-state index contributed by atoms with van der Waals surface area (Å²) in [6.07, 6.45) is 0. The number of carbonyl (C=O) groups is 2. The highest BCUT2D eigenvalue weighted by atomic mass is 32.2. The molecule has 2 rings (SSSR count). The number of likely N-dealkylation sites (N-methyl/N-ethyl adjacent to an activating group) is 1. The summed E-state index contributed by atoms with van der Waals surface area (Å²) in [5.41, 5.74) is 0.793. The maximum Gasteiger partial charge on any atom is 0.319 e. The molecule has 9 heteroatoms. The number of carbonyl (C=O) groups excluding carboxylic acids is 2. The van der Waals surface area contributed by atoms with Crippen LogP contribution in [0.3, 0.4) is 0 Å². The minimum Gasteiger partial charge on any atom is -0.455 e. The van der Waals surface area contributed by atoms with E-state index in [1.807, 2.05) is 13.8 Å². The minimum absolute atomic E-state index is 0.160. The first-order chi connectivity index (χ1) is 11.3. The highest BCUT2D eigenvalue weighted by Crippen LogP contribution is 2.26. The molecule has 24 heavy (non-hydrogen) atoms. The highest BCUT2D eigenvalue weighted by Gasteiger charge is 2.18. The summed E-state index contributed by atoms with van der Waals surface area (Å²) in [5, 5.41) is 2.53. The number of thiophene rings is 1. The number of nitrogens with zero attached hydrogens (tertiary/aromatic N) is 1. The molecule has 0 aliphatic carbocycles. The van der Waals surface area contributed by atoms with Crippen LogP contribution in [0.4, 0.5) is 0 Å². The Morgan fingerprint density at radius 1 is 1.42 bits per heavy atom. The van der Waals surface area contributed by atoms with Crippen molar-refractivity contribution in [3.8, 4) is 0 Å². The Kier molecular flexibility index (Phi) is 6.00. The van der Waals surface area contributed by atoms with Gasteiger partial charge >= 0.3 is 5.97 Å². The van der Waals surface area contributed by atoms with E-state index in [0.717, 1.165) is 10.4 Å². The lowest BCUT2D eigenvalue weighted by Gasteiger charge is -2.10. The monoisotopic (exact) mass is 369 g/mol. The molecule has 2 aromatic heterocycles. The lowest BCUT2D eigenvalue weighted by molar-refractivity contribution is -0.147. The molecule has 7 nitrogen and oxygen atoms in total. The first kappa shape index (κ1) is 18.5. The van der Waals surface area contributed by atoms with E-state index in [4.69, 9.17) is 4.74 Å². The van der Waals surface area contributed by atoms with Gasteiger partial charge in [0.2, 0.25) is 0 Å². The third-order valence-electron chi connectivity index (χ3n) is 3.51. The lowest BCUT2D eigenvalue weighted by Crippen LogP contribution is -2.27. The normalized spacial score (nSPS) is 12.2. The van der Waals surface area contributed by atoms with Gasteiger partial charge in [0.05, 0.1) is 11.1 Å². The molecule has 0 radical (unpaired) electrons. The summed E-state index contributed by atoms with van der Waals surface area (Å²) in [6.45, 7) is 5.26. The summed E-state index contributed by atoms with van der Waals surface area (Å²) in [6, 6.07) is 0. The zero-order chi connectivity index (χ0) is 17.9. The van der Waals surface area contributed by atoms with Gasteiger partial charge in [0.25, 0.3) is 11.5 Å². The average Bonchev–Trinajstić information content (AvgIpc) is 2.84. The van der Waals surface area contributed by atoms with E-state index in [1.165, 1.54) is 30.1 Å². The van der Waals surface area contributed by atoms with Gasteiger partial charge < -0.3 is 15.0 Å². The molecule has 0 unspecified atom stereocenters. The standard InChI is InChI=1S/C15H19N3O4S2/c1-7-8(2)24-14-12(7)13(20)17-10(18-14)6-23-9(3)15(21)22-5-11(19)16-4/h9H,5-6H2,1-4H3,(H,16,19)(H,17,18,20)/t9-/m0/s1. The van der Waals surface area contributed by atoms with Gasteiger partial charge in [-0.15, -0.1) is 23.1 Å². The summed E-state index contributed by atoms with van der Waals surface area (Å²) in [7, 11) is 1.47. The molecule has 2 aromatic rings. The fraction of sp³-hybridized carbons (Fsp3) is 0.467. The second kappa shape index (κ2) is 7.80. The summed E-state index contributed by atoms with van der Waals surface area (Å²) >= 11 is 2.78. The quantitative estimate of drug-likeness (QED) is 0.749. The Balaban J connectivity index is 2.01. The smallest absolute Gasteiger partial charge is 0.319 e. The van der Waals surface area contributed by atoms with E-state index in [0.29, 0.717) is 21.8 Å². The molecule has 0 aliphatic heterocycles. The van der Waals surface area contributed by atoms with Crippen LogP contribution in [0.15, 0.2) is 4.79 Å². The molecule has 0 saturated heterocycles. The van der Waals surface area contributed by atoms with Crippen LogP contribution in [0.5, 0.6) is 0 Å². The van der Waals surface area contributed by atoms with Crippen LogP contribution in [0.1, 0.15) is 23.2 Å². The SMILES string of the molecule is CNC(=O)COC(=O)[C@H](C)SCc1nc2sc(C)c(C)c2c(=O)[nH]1. The zero-order valence-corrected chi connectivity index (χ0v) is 15.5. The number of aryl methyl sites for hydroxylation is 2. The number of aromatic amines is 1. The van der Waals surface area contributed by atoms with Gasteiger partial charge in [0.1, 0.15) is 15.9 Å². The number of aromatic nitrogens is 2. The molecule has 2 heterocycles. The number of amides is 1. The average molecular weight is 369 g/mol. The lowest BCUT2D eigenvalue weighted by atomic mass is 10.2. The number of esters is 1. The van der Waals surface area contributed by atoms with Crippen LogP contribution in [0.25, 0.3) is 10.2 Å². The van der Waals surface area contributed by atoms with E-state index in [2.05, 4.69) is 15.3 Å². The Morgan fingerprint density at radius 2 is 2.12 bits per heavy atom. The summed E-state index contributed by atoms with van der Waals surface area (Å²) < 4.78 is 4.90. The Morgan fingerprint density at radius 3 is 2.79 bits per heavy atom. The van der Waals surface area contributed by atoms with Crippen molar-refractivity contribution in [1.29, 1.82) is 0 Å². The fourth-order valence-corrected chi connectivity index (χ4v) is 3.76. The van der Waals surface area contributed by atoms with Gasteiger partial charge in [-0.05, 0) is 26.3 Å². The third-order valence-corrected chi connectivity index (χ3v) is 5.75. The molecule has 1 atom stereocenters. The predicted octanol–water partition coefficient (Wildman–Crippen LogP) is 1.51. The topological polar surface area (TPSA) is 101 Å². The van der Waals surface area contributed by atoms with E-state index in [9.17, 15) is 14.4 Å². The van der Waals surface area contributed by atoms with E-state index in [1.54, 1.807) is 6.92 Å². The molecule has 0 fully saturated rings.